The van der Waals surface area contributed by atoms with Crippen molar-refractivity contribution in [3.05, 3.63) is 48.0 Å². The van der Waals surface area contributed by atoms with Crippen molar-refractivity contribution in [2.45, 2.75) is 39.2 Å². The van der Waals surface area contributed by atoms with E-state index >= 15 is 0 Å². The molecule has 1 saturated carbocycles. The molecular weight excluding hydrogens is 390 g/mol. The summed E-state index contributed by atoms with van der Waals surface area (Å²) in [5.41, 5.74) is 0.956. The topological polar surface area (TPSA) is 69.7 Å². The zero-order valence-corrected chi connectivity index (χ0v) is 18.3. The number of nitrogens with one attached hydrogen (secondary N) is 1. The lowest BCUT2D eigenvalue weighted by atomic mass is 9.99. The van der Waals surface area contributed by atoms with Gasteiger partial charge in [0.15, 0.2) is 0 Å². The number of hydrogen-bond acceptors (Lipinski definition) is 3. The molecule has 2 aromatic carbocycles. The third kappa shape index (κ3) is 4.89. The number of hydrogen-bond donors (Lipinski definition) is 1. The largest absolute Gasteiger partial charge is 0.344 e. The number of rotatable bonds is 6. The number of piperazine rings is 1. The molecule has 0 radical (unpaired) electrons. The van der Waals surface area contributed by atoms with E-state index in [9.17, 15) is 14.4 Å². The zero-order valence-electron chi connectivity index (χ0n) is 18.3. The first-order chi connectivity index (χ1) is 14.9. The van der Waals surface area contributed by atoms with Gasteiger partial charge in [0.25, 0.3) is 0 Å². The van der Waals surface area contributed by atoms with Gasteiger partial charge in [-0.25, -0.2) is 0 Å². The quantitative estimate of drug-likeness (QED) is 0.780. The zero-order chi connectivity index (χ0) is 22.0. The van der Waals surface area contributed by atoms with Crippen LogP contribution in [0.4, 0.5) is 0 Å². The van der Waals surface area contributed by atoms with Crippen LogP contribution in [0.25, 0.3) is 10.8 Å². The first-order valence-corrected chi connectivity index (χ1v) is 11.3. The van der Waals surface area contributed by atoms with Crippen molar-refractivity contribution in [3.63, 3.8) is 0 Å². The molecular formula is C25H31N3O3. The summed E-state index contributed by atoms with van der Waals surface area (Å²) in [5.74, 6) is 0.218. The molecule has 31 heavy (non-hydrogen) atoms. The van der Waals surface area contributed by atoms with Gasteiger partial charge in [-0.1, -0.05) is 56.3 Å². The Labute approximate surface area is 183 Å². The van der Waals surface area contributed by atoms with Crippen molar-refractivity contribution in [1.82, 2.24) is 15.1 Å². The van der Waals surface area contributed by atoms with Crippen LogP contribution in [-0.2, 0) is 20.8 Å². The molecule has 0 aromatic heterocycles. The van der Waals surface area contributed by atoms with E-state index in [1.807, 2.05) is 61.2 Å². The van der Waals surface area contributed by atoms with Gasteiger partial charge in [0, 0.05) is 32.1 Å². The average molecular weight is 422 g/mol. The van der Waals surface area contributed by atoms with Gasteiger partial charge in [-0.05, 0) is 35.1 Å². The summed E-state index contributed by atoms with van der Waals surface area (Å²) >= 11 is 0. The maximum absolute atomic E-state index is 13.2. The number of carbonyl (C=O) groups excluding carboxylic acids is 3. The third-order valence-corrected chi connectivity index (χ3v) is 6.31. The minimum Gasteiger partial charge on any atom is -0.344 e. The van der Waals surface area contributed by atoms with Gasteiger partial charge in [0.1, 0.15) is 6.04 Å². The van der Waals surface area contributed by atoms with Gasteiger partial charge in [-0.2, -0.15) is 0 Å². The Morgan fingerprint density at radius 2 is 1.58 bits per heavy atom. The maximum Gasteiger partial charge on any atom is 0.245 e. The molecule has 0 bridgehead atoms. The molecule has 1 atom stereocenters. The van der Waals surface area contributed by atoms with Gasteiger partial charge in [-0.3, -0.25) is 14.4 Å². The molecule has 164 valence electrons. The van der Waals surface area contributed by atoms with E-state index in [2.05, 4.69) is 5.32 Å². The van der Waals surface area contributed by atoms with E-state index in [0.29, 0.717) is 26.2 Å². The highest BCUT2D eigenvalue weighted by Gasteiger charge is 2.36. The van der Waals surface area contributed by atoms with Crippen molar-refractivity contribution in [2.75, 3.05) is 26.2 Å². The first kappa shape index (κ1) is 21.3. The number of carbonyl (C=O) groups is 3. The molecule has 4 rings (SSSR count). The Morgan fingerprint density at radius 1 is 0.935 bits per heavy atom. The van der Waals surface area contributed by atoms with Crippen LogP contribution in [0.15, 0.2) is 42.5 Å². The molecule has 0 spiro atoms. The lowest BCUT2D eigenvalue weighted by molar-refractivity contribution is -0.143. The van der Waals surface area contributed by atoms with E-state index in [4.69, 9.17) is 0 Å². The Balaban J connectivity index is 1.37. The van der Waals surface area contributed by atoms with Gasteiger partial charge in [0.2, 0.25) is 17.7 Å². The van der Waals surface area contributed by atoms with Gasteiger partial charge >= 0.3 is 0 Å². The summed E-state index contributed by atoms with van der Waals surface area (Å²) in [7, 11) is 0. The van der Waals surface area contributed by atoms with E-state index in [-0.39, 0.29) is 36.0 Å². The Kier molecular flexibility index (Phi) is 6.25. The molecule has 2 aromatic rings. The average Bonchev–Trinajstić information content (AvgIpc) is 3.62. The molecule has 1 N–H and O–H groups in total. The molecule has 2 aliphatic rings. The fourth-order valence-corrected chi connectivity index (χ4v) is 4.29. The summed E-state index contributed by atoms with van der Waals surface area (Å²) < 4.78 is 0. The summed E-state index contributed by atoms with van der Waals surface area (Å²) in [6.45, 7) is 6.12. The van der Waals surface area contributed by atoms with E-state index in [1.54, 1.807) is 4.90 Å². The molecule has 6 heteroatoms. The predicted octanol–water partition coefficient (Wildman–Crippen LogP) is 2.60. The molecule has 0 unspecified atom stereocenters. The molecule has 1 aliphatic heterocycles. The number of benzene rings is 2. The standard InChI is InChI=1S/C25H31N3O3/c1-17(2)23(25(31)28-14-12-27(13-15-28)24(30)19-10-11-19)26-22(29)16-20-8-5-7-18-6-3-4-9-21(18)20/h3-9,17,19,23H,10-16H2,1-2H3,(H,26,29)/t23-/m1/s1. The monoisotopic (exact) mass is 421 g/mol. The maximum atomic E-state index is 13.2. The SMILES string of the molecule is CC(C)[C@@H](NC(=O)Cc1cccc2ccccc12)C(=O)N1CCN(C(=O)C2CC2)CC1. The van der Waals surface area contributed by atoms with E-state index in [0.717, 1.165) is 29.2 Å². The van der Waals surface area contributed by atoms with E-state index < -0.39 is 6.04 Å². The van der Waals surface area contributed by atoms with Crippen molar-refractivity contribution in [3.8, 4) is 0 Å². The van der Waals surface area contributed by atoms with Gasteiger partial charge < -0.3 is 15.1 Å². The normalized spacial score (nSPS) is 17.6. The molecule has 1 aliphatic carbocycles. The molecule has 2 fully saturated rings. The lowest BCUT2D eigenvalue weighted by Crippen LogP contribution is -2.57. The van der Waals surface area contributed by atoms with Crippen LogP contribution >= 0.6 is 0 Å². The van der Waals surface area contributed by atoms with Crippen LogP contribution in [0.1, 0.15) is 32.3 Å². The molecule has 3 amide bonds. The number of fused-ring (bicyclic) bond motifs is 1. The summed E-state index contributed by atoms with van der Waals surface area (Å²) in [4.78, 5) is 41.9. The lowest BCUT2D eigenvalue weighted by Gasteiger charge is -2.37. The van der Waals surface area contributed by atoms with Crippen molar-refractivity contribution >= 4 is 28.5 Å². The highest BCUT2D eigenvalue weighted by Crippen LogP contribution is 2.31. The smallest absolute Gasteiger partial charge is 0.245 e. The van der Waals surface area contributed by atoms with Crippen molar-refractivity contribution < 1.29 is 14.4 Å². The van der Waals surface area contributed by atoms with Crippen LogP contribution < -0.4 is 5.32 Å². The first-order valence-electron chi connectivity index (χ1n) is 11.3. The molecule has 1 heterocycles. The van der Waals surface area contributed by atoms with Crippen LogP contribution in [0.5, 0.6) is 0 Å². The summed E-state index contributed by atoms with van der Waals surface area (Å²) in [6.07, 6.45) is 2.23. The molecule has 1 saturated heterocycles. The second-order valence-corrected chi connectivity index (χ2v) is 9.03. The van der Waals surface area contributed by atoms with Crippen LogP contribution in [0.3, 0.4) is 0 Å². The minimum absolute atomic E-state index is 0.0184. The Morgan fingerprint density at radius 3 is 2.26 bits per heavy atom. The summed E-state index contributed by atoms with van der Waals surface area (Å²) in [6, 6.07) is 13.4. The number of nitrogens with zero attached hydrogens (tertiary/aromatic N) is 2. The predicted molar refractivity (Wildman–Crippen MR) is 120 cm³/mol. The second kappa shape index (κ2) is 9.08. The Hall–Kier alpha value is -2.89. The van der Waals surface area contributed by atoms with Crippen molar-refractivity contribution in [1.29, 1.82) is 0 Å². The second-order valence-electron chi connectivity index (χ2n) is 9.03. The summed E-state index contributed by atoms with van der Waals surface area (Å²) in [5, 5.41) is 5.14. The van der Waals surface area contributed by atoms with Crippen molar-refractivity contribution in [2.24, 2.45) is 11.8 Å². The highest BCUT2D eigenvalue weighted by atomic mass is 16.2. The Bertz CT molecular complexity index is 970. The minimum atomic E-state index is -0.562. The molecule has 6 nitrogen and oxygen atoms in total. The third-order valence-electron chi connectivity index (χ3n) is 6.31. The van der Waals surface area contributed by atoms with Gasteiger partial charge in [-0.15, -0.1) is 0 Å². The van der Waals surface area contributed by atoms with E-state index in [1.165, 1.54) is 0 Å². The highest BCUT2D eigenvalue weighted by molar-refractivity contribution is 5.92. The van der Waals surface area contributed by atoms with Crippen LogP contribution in [0.2, 0.25) is 0 Å². The van der Waals surface area contributed by atoms with Gasteiger partial charge in [0.05, 0.1) is 6.42 Å². The van der Waals surface area contributed by atoms with Crippen LogP contribution in [-0.4, -0.2) is 59.7 Å². The fourth-order valence-electron chi connectivity index (χ4n) is 4.29. The number of amides is 3. The fraction of sp³-hybridized carbons (Fsp3) is 0.480. The van der Waals surface area contributed by atoms with Crippen LogP contribution in [0, 0.1) is 11.8 Å².